The molecule has 0 saturated carbocycles. The van der Waals surface area contributed by atoms with E-state index in [1.807, 2.05) is 32.2 Å². The highest BCUT2D eigenvalue weighted by Crippen LogP contribution is 2.28. The number of carbonyl (C=O) groups excluding carboxylic acids is 2. The zero-order valence-corrected chi connectivity index (χ0v) is 22.4. The summed E-state index contributed by atoms with van der Waals surface area (Å²) in [4.78, 5) is 35.4. The summed E-state index contributed by atoms with van der Waals surface area (Å²) in [6.45, 7) is 3.25. The van der Waals surface area contributed by atoms with Gasteiger partial charge in [0.1, 0.15) is 12.3 Å². The van der Waals surface area contributed by atoms with Gasteiger partial charge in [-0.1, -0.05) is 6.07 Å². The number of hydrogen-bond donors (Lipinski definition) is 5. The van der Waals surface area contributed by atoms with Gasteiger partial charge < -0.3 is 31.1 Å². The molecule has 2 aromatic rings. The van der Waals surface area contributed by atoms with Gasteiger partial charge in [0.25, 0.3) is 0 Å². The Morgan fingerprint density at radius 2 is 1.74 bits per heavy atom. The second-order valence-electron chi connectivity index (χ2n) is 7.93. The average Bonchev–Trinajstić information content (AvgIpc) is 2.82. The lowest BCUT2D eigenvalue weighted by Gasteiger charge is -2.22. The number of methoxy groups -OCH3 is 1. The number of aliphatic carboxylic acids is 1. The Labute approximate surface area is 226 Å². The Hall–Kier alpha value is -3.65. The van der Waals surface area contributed by atoms with E-state index < -0.39 is 18.1 Å². The first kappa shape index (κ1) is 32.4. The third kappa shape index (κ3) is 11.2. The number of anilines is 2. The maximum absolute atomic E-state index is 12.3. The van der Waals surface area contributed by atoms with Crippen molar-refractivity contribution in [3.05, 3.63) is 58.1 Å². The Kier molecular flexibility index (Phi) is 12.7. The maximum Gasteiger partial charge on any atom is 0.490 e. The van der Waals surface area contributed by atoms with Crippen LogP contribution in [0.25, 0.3) is 0 Å². The van der Waals surface area contributed by atoms with Crippen molar-refractivity contribution in [1.29, 1.82) is 5.41 Å². The molecule has 2 aromatic carbocycles. The number of carboxylic acid groups (broad SMARTS) is 1. The van der Waals surface area contributed by atoms with Crippen molar-refractivity contribution in [1.82, 2.24) is 5.32 Å². The van der Waals surface area contributed by atoms with E-state index in [4.69, 9.17) is 25.8 Å². The first-order valence-corrected chi connectivity index (χ1v) is 11.8. The van der Waals surface area contributed by atoms with Crippen LogP contribution in [-0.2, 0) is 19.1 Å². The number of alkyl halides is 3. The molecule has 0 fully saturated rings. The van der Waals surface area contributed by atoms with Gasteiger partial charge in [-0.05, 0) is 64.8 Å². The van der Waals surface area contributed by atoms with E-state index in [9.17, 15) is 22.8 Å². The van der Waals surface area contributed by atoms with E-state index in [0.29, 0.717) is 17.9 Å². The zero-order valence-electron chi connectivity index (χ0n) is 20.9. The minimum atomic E-state index is -5.08. The molecule has 0 spiro atoms. The molecule has 0 aliphatic heterocycles. The largest absolute Gasteiger partial charge is 0.490 e. The predicted molar refractivity (Wildman–Crippen MR) is 140 cm³/mol. The van der Waals surface area contributed by atoms with E-state index in [-0.39, 0.29) is 24.2 Å². The number of carboxylic acids is 1. The number of nitrogens with two attached hydrogens (primary N) is 1. The molecule has 208 valence electrons. The number of nitrogen functional groups attached to an aromatic ring is 1. The predicted octanol–water partition coefficient (Wildman–Crippen LogP) is 3.66. The molecule has 10 nitrogen and oxygen atoms in total. The smallest absolute Gasteiger partial charge is 0.475 e. The number of ether oxygens (including phenoxy) is 1. The fourth-order valence-electron chi connectivity index (χ4n) is 2.91. The molecule has 0 radical (unpaired) electrons. The van der Waals surface area contributed by atoms with Crippen LogP contribution in [0.3, 0.4) is 0 Å². The number of amides is 2. The molecule has 2 amide bonds. The van der Waals surface area contributed by atoms with E-state index in [1.54, 1.807) is 31.4 Å². The molecular weight excluding hydrogens is 575 g/mol. The van der Waals surface area contributed by atoms with Crippen LogP contribution in [0.2, 0.25) is 0 Å². The third-order valence-electron chi connectivity index (χ3n) is 4.93. The summed E-state index contributed by atoms with van der Waals surface area (Å²) in [5.74, 6) is -3.60. The number of nitrogens with one attached hydrogen (secondary N) is 3. The van der Waals surface area contributed by atoms with Crippen LogP contribution in [0, 0.1) is 5.41 Å². The second-order valence-corrected chi connectivity index (χ2v) is 8.79. The highest BCUT2D eigenvalue weighted by Gasteiger charge is 2.38. The average molecular weight is 604 g/mol. The highest BCUT2D eigenvalue weighted by atomic mass is 79.9. The van der Waals surface area contributed by atoms with Crippen LogP contribution >= 0.6 is 15.9 Å². The molecule has 6 N–H and O–H groups in total. The Balaban J connectivity index is 0.000000905. The van der Waals surface area contributed by atoms with Crippen LogP contribution in [0.5, 0.6) is 0 Å². The number of benzene rings is 2. The van der Waals surface area contributed by atoms with Gasteiger partial charge in [-0.2, -0.15) is 13.2 Å². The summed E-state index contributed by atoms with van der Waals surface area (Å²) in [7, 11) is 3.65. The highest BCUT2D eigenvalue weighted by molar-refractivity contribution is 9.10. The summed E-state index contributed by atoms with van der Waals surface area (Å²) < 4.78 is 37.8. The van der Waals surface area contributed by atoms with Gasteiger partial charge in [0, 0.05) is 36.4 Å². The van der Waals surface area contributed by atoms with Crippen LogP contribution < -0.4 is 21.3 Å². The van der Waals surface area contributed by atoms with Crippen LogP contribution in [0.15, 0.2) is 46.9 Å². The van der Waals surface area contributed by atoms with Gasteiger partial charge in [-0.3, -0.25) is 15.0 Å². The minimum Gasteiger partial charge on any atom is -0.475 e. The monoisotopic (exact) mass is 603 g/mol. The topological polar surface area (TPSA) is 158 Å². The molecule has 0 heterocycles. The third-order valence-corrected chi connectivity index (χ3v) is 5.57. The van der Waals surface area contributed by atoms with Gasteiger partial charge >= 0.3 is 12.1 Å². The zero-order chi connectivity index (χ0) is 29.0. The SMILES string of the molecule is COCCN(C)c1ccc(C(C)NC(=O)CC(=O)Nc2ccc(C(=N)N)cc2)cc1Br.O=C(O)C(F)(F)F. The molecule has 2 rings (SSSR count). The van der Waals surface area contributed by atoms with Crippen molar-refractivity contribution in [2.45, 2.75) is 25.6 Å². The fourth-order valence-corrected chi connectivity index (χ4v) is 3.61. The van der Waals surface area contributed by atoms with E-state index in [0.717, 1.165) is 22.3 Å². The van der Waals surface area contributed by atoms with Gasteiger partial charge in [0.05, 0.1) is 18.3 Å². The molecule has 1 unspecified atom stereocenters. The fraction of sp³-hybridized carbons (Fsp3) is 0.333. The van der Waals surface area contributed by atoms with E-state index in [1.165, 1.54) is 0 Å². The normalized spacial score (nSPS) is 11.4. The van der Waals surface area contributed by atoms with Gasteiger partial charge in [-0.25, -0.2) is 4.79 Å². The molecule has 0 aliphatic rings. The molecular formula is C24H29BrF3N5O5. The van der Waals surface area contributed by atoms with Crippen LogP contribution in [0.4, 0.5) is 24.5 Å². The minimum absolute atomic E-state index is 0.0486. The van der Waals surface area contributed by atoms with Crippen molar-refractivity contribution in [3.63, 3.8) is 0 Å². The van der Waals surface area contributed by atoms with Crippen molar-refractivity contribution in [2.24, 2.45) is 5.73 Å². The van der Waals surface area contributed by atoms with Crippen molar-refractivity contribution < 1.29 is 37.4 Å². The lowest BCUT2D eigenvalue weighted by atomic mass is 10.1. The number of halogens is 4. The number of carbonyl (C=O) groups is 3. The Morgan fingerprint density at radius 3 is 2.21 bits per heavy atom. The first-order valence-electron chi connectivity index (χ1n) is 11.0. The van der Waals surface area contributed by atoms with Crippen LogP contribution in [-0.4, -0.2) is 62.2 Å². The molecule has 0 bridgehead atoms. The van der Waals surface area contributed by atoms with E-state index in [2.05, 4.69) is 31.5 Å². The number of rotatable bonds is 10. The number of likely N-dealkylation sites (N-methyl/N-ethyl adjacent to an activating group) is 1. The lowest BCUT2D eigenvalue weighted by Crippen LogP contribution is -2.30. The summed E-state index contributed by atoms with van der Waals surface area (Å²) in [5, 5.41) is 20.0. The summed E-state index contributed by atoms with van der Waals surface area (Å²) in [6.07, 6.45) is -5.38. The van der Waals surface area contributed by atoms with Gasteiger partial charge in [0.2, 0.25) is 11.8 Å². The molecule has 1 atom stereocenters. The Bertz CT molecular complexity index is 1130. The first-order chi connectivity index (χ1) is 17.6. The number of hydrogen-bond acceptors (Lipinski definition) is 6. The van der Waals surface area contributed by atoms with Gasteiger partial charge in [0.15, 0.2) is 0 Å². The molecule has 0 aromatic heterocycles. The van der Waals surface area contributed by atoms with E-state index >= 15 is 0 Å². The van der Waals surface area contributed by atoms with Crippen LogP contribution in [0.1, 0.15) is 30.5 Å². The maximum atomic E-state index is 12.3. The standard InChI is InChI=1S/C22H28BrN5O3.C2HF3O2/c1-14(16-6-9-19(18(23)12-16)28(2)10-11-31-3)26-20(29)13-21(30)27-17-7-4-15(5-8-17)22(24)25;3-2(4,5)1(6)7/h4-9,12,14H,10-11,13H2,1-3H3,(H3,24,25)(H,26,29)(H,27,30);(H,6,7). The number of nitrogens with zero attached hydrogens (tertiary/aromatic N) is 1. The quantitative estimate of drug-likeness (QED) is 0.157. The number of amidine groups is 1. The lowest BCUT2D eigenvalue weighted by molar-refractivity contribution is -0.192. The summed E-state index contributed by atoms with van der Waals surface area (Å²) in [6, 6.07) is 12.2. The molecule has 0 saturated heterocycles. The van der Waals surface area contributed by atoms with Crippen molar-refractivity contribution >= 4 is 50.9 Å². The molecule has 38 heavy (non-hydrogen) atoms. The van der Waals surface area contributed by atoms with Gasteiger partial charge in [-0.15, -0.1) is 0 Å². The second kappa shape index (κ2) is 14.9. The molecule has 14 heteroatoms. The van der Waals surface area contributed by atoms with Crippen molar-refractivity contribution in [3.8, 4) is 0 Å². The summed E-state index contributed by atoms with van der Waals surface area (Å²) in [5.41, 5.74) is 8.45. The summed E-state index contributed by atoms with van der Waals surface area (Å²) >= 11 is 3.59. The Morgan fingerprint density at radius 1 is 1.16 bits per heavy atom. The molecule has 0 aliphatic carbocycles. The van der Waals surface area contributed by atoms with Crippen molar-refractivity contribution in [2.75, 3.05) is 37.5 Å².